The molecule has 0 aliphatic carbocycles. The molecule has 1 fully saturated rings. The first-order chi connectivity index (χ1) is 10.6. The summed E-state index contributed by atoms with van der Waals surface area (Å²) in [5, 5.41) is 4.11. The molecular weight excluding hydrogens is 278 g/mol. The zero-order valence-electron chi connectivity index (χ0n) is 14.2. The van der Waals surface area contributed by atoms with Crippen LogP contribution in [0.4, 0.5) is 0 Å². The molecule has 1 unspecified atom stereocenters. The minimum Gasteiger partial charge on any atom is -0.464 e. The van der Waals surface area contributed by atoms with Gasteiger partial charge >= 0.3 is 5.97 Å². The molecule has 0 saturated carbocycles. The monoisotopic (exact) mass is 307 g/mol. The van der Waals surface area contributed by atoms with Crippen molar-refractivity contribution in [3.05, 3.63) is 18.0 Å². The molecule has 0 amide bonds. The van der Waals surface area contributed by atoms with Crippen molar-refractivity contribution < 1.29 is 9.53 Å². The van der Waals surface area contributed by atoms with Crippen molar-refractivity contribution in [3.63, 3.8) is 0 Å². The number of carbonyl (C=O) groups is 1. The summed E-state index contributed by atoms with van der Waals surface area (Å²) in [7, 11) is 1.99. The summed E-state index contributed by atoms with van der Waals surface area (Å²) in [5.74, 6) is -0.0500. The third-order valence-corrected chi connectivity index (χ3v) is 4.78. The summed E-state index contributed by atoms with van der Waals surface area (Å²) in [5.41, 5.74) is 1.03. The van der Waals surface area contributed by atoms with Gasteiger partial charge in [-0.1, -0.05) is 13.3 Å². The molecule has 1 saturated heterocycles. The summed E-state index contributed by atoms with van der Waals surface area (Å²) in [6.45, 7) is 6.77. The van der Waals surface area contributed by atoms with E-state index in [1.54, 1.807) is 0 Å². The number of likely N-dealkylation sites (N-methyl/N-ethyl adjacent to an activating group) is 1. The number of likely N-dealkylation sites (tertiary alicyclic amines) is 1. The molecule has 1 aromatic rings. The molecule has 5 nitrogen and oxygen atoms in total. The van der Waals surface area contributed by atoms with Crippen molar-refractivity contribution >= 4 is 5.97 Å². The maximum atomic E-state index is 11.8. The second-order valence-electron chi connectivity index (χ2n) is 6.44. The van der Waals surface area contributed by atoms with E-state index in [2.05, 4.69) is 27.7 Å². The van der Waals surface area contributed by atoms with Gasteiger partial charge in [0.05, 0.1) is 6.61 Å². The van der Waals surface area contributed by atoms with Gasteiger partial charge in [0, 0.05) is 18.4 Å². The second-order valence-corrected chi connectivity index (χ2v) is 6.44. The number of ether oxygens (including phenoxy) is 1. The van der Waals surface area contributed by atoms with Crippen molar-refractivity contribution in [3.8, 4) is 0 Å². The lowest BCUT2D eigenvalue weighted by molar-refractivity contribution is -0.154. The molecule has 22 heavy (non-hydrogen) atoms. The number of rotatable bonds is 4. The third-order valence-electron chi connectivity index (χ3n) is 4.78. The van der Waals surface area contributed by atoms with Gasteiger partial charge in [0.25, 0.3) is 0 Å². The predicted molar refractivity (Wildman–Crippen MR) is 86.7 cm³/mol. The smallest absolute Gasteiger partial charge is 0.326 e. The molecule has 5 heteroatoms. The van der Waals surface area contributed by atoms with Crippen LogP contribution >= 0.6 is 0 Å². The number of aromatic nitrogens is 2. The Labute approximate surface area is 133 Å². The normalized spacial score (nSPS) is 23.8. The predicted octanol–water partition coefficient (Wildman–Crippen LogP) is 2.64. The molecule has 2 aliphatic heterocycles. The standard InChI is InChI=1S/C11H21NO2.C6H8N2/c1-4-5-9-14-10(13)11(2)7-6-8-12(11)3;1-2-6-3-4-7-8(6)5-1/h4-9H2,1-3H3;3-4H,1-2,5H2. The van der Waals surface area contributed by atoms with Crippen molar-refractivity contribution in [2.24, 2.45) is 0 Å². The second kappa shape index (κ2) is 7.77. The van der Waals surface area contributed by atoms with E-state index in [9.17, 15) is 4.79 Å². The fraction of sp³-hybridized carbons (Fsp3) is 0.765. The first kappa shape index (κ1) is 17.0. The van der Waals surface area contributed by atoms with Crippen molar-refractivity contribution in [2.75, 3.05) is 20.2 Å². The van der Waals surface area contributed by atoms with Gasteiger partial charge in [-0.15, -0.1) is 0 Å². The Kier molecular flexibility index (Phi) is 6.00. The van der Waals surface area contributed by atoms with Crippen LogP contribution < -0.4 is 0 Å². The van der Waals surface area contributed by atoms with Crippen LogP contribution in [-0.2, 0) is 22.5 Å². The van der Waals surface area contributed by atoms with Gasteiger partial charge in [-0.3, -0.25) is 14.4 Å². The zero-order chi connectivity index (χ0) is 16.0. The van der Waals surface area contributed by atoms with Gasteiger partial charge in [-0.25, -0.2) is 0 Å². The average molecular weight is 307 g/mol. The van der Waals surface area contributed by atoms with Crippen molar-refractivity contribution in [1.82, 2.24) is 14.7 Å². The zero-order valence-corrected chi connectivity index (χ0v) is 14.2. The number of unbranched alkanes of at least 4 members (excludes halogenated alkanes) is 1. The van der Waals surface area contributed by atoms with Crippen LogP contribution in [-0.4, -0.2) is 46.4 Å². The molecule has 0 radical (unpaired) electrons. The largest absolute Gasteiger partial charge is 0.464 e. The lowest BCUT2D eigenvalue weighted by Gasteiger charge is -2.29. The molecule has 0 spiro atoms. The molecule has 0 N–H and O–H groups in total. The van der Waals surface area contributed by atoms with E-state index in [0.29, 0.717) is 6.61 Å². The molecule has 3 rings (SSSR count). The number of hydrogen-bond donors (Lipinski definition) is 0. The topological polar surface area (TPSA) is 47.4 Å². The Hall–Kier alpha value is -1.36. The van der Waals surface area contributed by atoms with Gasteiger partial charge in [0.1, 0.15) is 5.54 Å². The van der Waals surface area contributed by atoms with Crippen LogP contribution in [0.25, 0.3) is 0 Å². The molecule has 124 valence electrons. The summed E-state index contributed by atoms with van der Waals surface area (Å²) >= 11 is 0. The number of nitrogens with zero attached hydrogens (tertiary/aromatic N) is 3. The Morgan fingerprint density at radius 2 is 2.23 bits per heavy atom. The average Bonchev–Trinajstić information content (AvgIpc) is 3.18. The Morgan fingerprint density at radius 3 is 2.86 bits per heavy atom. The van der Waals surface area contributed by atoms with Crippen molar-refractivity contribution in [1.29, 1.82) is 0 Å². The molecule has 2 aliphatic rings. The maximum Gasteiger partial charge on any atom is 0.326 e. The highest BCUT2D eigenvalue weighted by Gasteiger charge is 2.42. The van der Waals surface area contributed by atoms with Crippen LogP contribution in [0.15, 0.2) is 12.3 Å². The fourth-order valence-corrected chi connectivity index (χ4v) is 3.00. The van der Waals surface area contributed by atoms with Crippen LogP contribution in [0.1, 0.15) is 51.6 Å². The van der Waals surface area contributed by atoms with Gasteiger partial charge < -0.3 is 4.74 Å². The molecule has 0 bridgehead atoms. The van der Waals surface area contributed by atoms with E-state index in [1.807, 2.05) is 20.2 Å². The van der Waals surface area contributed by atoms with Crippen molar-refractivity contribution in [2.45, 2.75) is 64.5 Å². The number of hydrogen-bond acceptors (Lipinski definition) is 4. The van der Waals surface area contributed by atoms with Crippen LogP contribution in [0.3, 0.4) is 0 Å². The quantitative estimate of drug-likeness (QED) is 0.634. The lowest BCUT2D eigenvalue weighted by Crippen LogP contribution is -2.46. The Balaban J connectivity index is 0.000000183. The molecular formula is C17H29N3O2. The highest BCUT2D eigenvalue weighted by molar-refractivity contribution is 5.80. The highest BCUT2D eigenvalue weighted by Crippen LogP contribution is 2.28. The Morgan fingerprint density at radius 1 is 1.41 bits per heavy atom. The lowest BCUT2D eigenvalue weighted by atomic mass is 10.00. The van der Waals surface area contributed by atoms with E-state index < -0.39 is 0 Å². The number of carbonyl (C=O) groups excluding carboxylic acids is 1. The van der Waals surface area contributed by atoms with Crippen LogP contribution in [0, 0.1) is 0 Å². The van der Waals surface area contributed by atoms with E-state index in [1.165, 1.54) is 18.5 Å². The third kappa shape index (κ3) is 3.88. The fourth-order valence-electron chi connectivity index (χ4n) is 3.00. The number of fused-ring (bicyclic) bond motifs is 1. The van der Waals surface area contributed by atoms with Gasteiger partial charge in [-0.05, 0) is 58.7 Å². The van der Waals surface area contributed by atoms with E-state index in [0.717, 1.165) is 38.8 Å². The summed E-state index contributed by atoms with van der Waals surface area (Å²) in [4.78, 5) is 13.9. The summed E-state index contributed by atoms with van der Waals surface area (Å²) in [6.07, 6.45) is 8.42. The first-order valence-electron chi connectivity index (χ1n) is 8.47. The van der Waals surface area contributed by atoms with E-state index >= 15 is 0 Å². The minimum atomic E-state index is -0.367. The summed E-state index contributed by atoms with van der Waals surface area (Å²) in [6, 6.07) is 2.09. The summed E-state index contributed by atoms with van der Waals surface area (Å²) < 4.78 is 7.33. The minimum absolute atomic E-state index is 0.0500. The number of aryl methyl sites for hydroxylation is 2. The SMILES string of the molecule is CCCCOC(=O)C1(C)CCCN1C.c1cc2n(n1)CCC2. The number of esters is 1. The molecule has 1 aromatic heterocycles. The van der Waals surface area contributed by atoms with E-state index in [4.69, 9.17) is 4.74 Å². The molecule has 3 heterocycles. The molecule has 1 atom stereocenters. The van der Waals surface area contributed by atoms with Gasteiger partial charge in [0.15, 0.2) is 0 Å². The van der Waals surface area contributed by atoms with Gasteiger partial charge in [0.2, 0.25) is 0 Å². The van der Waals surface area contributed by atoms with E-state index in [-0.39, 0.29) is 11.5 Å². The van der Waals surface area contributed by atoms with Crippen LogP contribution in [0.5, 0.6) is 0 Å². The molecule has 0 aromatic carbocycles. The Bertz CT molecular complexity index is 468. The highest BCUT2D eigenvalue weighted by atomic mass is 16.5. The van der Waals surface area contributed by atoms with Crippen LogP contribution in [0.2, 0.25) is 0 Å². The first-order valence-corrected chi connectivity index (χ1v) is 8.47. The van der Waals surface area contributed by atoms with Gasteiger partial charge in [-0.2, -0.15) is 5.10 Å². The maximum absolute atomic E-state index is 11.8.